The van der Waals surface area contributed by atoms with E-state index >= 15 is 0 Å². The lowest BCUT2D eigenvalue weighted by atomic mass is 9.68. The Kier molecular flexibility index (Phi) is 6.10. The lowest BCUT2D eigenvalue weighted by Crippen LogP contribution is -2.42. The molecule has 21 heavy (non-hydrogen) atoms. The molecule has 1 aliphatic carbocycles. The van der Waals surface area contributed by atoms with Gasteiger partial charge in [0.2, 0.25) is 0 Å². The van der Waals surface area contributed by atoms with Crippen LogP contribution >= 0.6 is 0 Å². The van der Waals surface area contributed by atoms with E-state index in [1.807, 2.05) is 0 Å². The Balaban J connectivity index is 1.81. The Morgan fingerprint density at radius 1 is 1.10 bits per heavy atom. The highest BCUT2D eigenvalue weighted by Gasteiger charge is 2.35. The van der Waals surface area contributed by atoms with Gasteiger partial charge in [-0.25, -0.2) is 0 Å². The Morgan fingerprint density at radius 3 is 2.48 bits per heavy atom. The van der Waals surface area contributed by atoms with Gasteiger partial charge in [-0.3, -0.25) is 0 Å². The predicted octanol–water partition coefficient (Wildman–Crippen LogP) is 3.31. The first-order valence-corrected chi connectivity index (χ1v) is 8.84. The van der Waals surface area contributed by atoms with E-state index in [4.69, 9.17) is 4.74 Å². The average Bonchev–Trinajstić information content (AvgIpc) is 2.41. The molecular weight excluding hydrogens is 262 g/mol. The molecule has 1 N–H and O–H groups in total. The summed E-state index contributed by atoms with van der Waals surface area (Å²) in [6.45, 7) is 9.97. The molecule has 1 aliphatic heterocycles. The smallest absolute Gasteiger partial charge is 0.0701 e. The van der Waals surface area contributed by atoms with Crippen LogP contribution in [-0.2, 0) is 4.74 Å². The molecular formula is C18H35NO2. The van der Waals surface area contributed by atoms with Gasteiger partial charge in [-0.1, -0.05) is 20.8 Å². The molecule has 2 rings (SSSR count). The zero-order valence-corrected chi connectivity index (χ0v) is 14.5. The predicted molar refractivity (Wildman–Crippen MR) is 87.4 cm³/mol. The van der Waals surface area contributed by atoms with Crippen LogP contribution in [0, 0.1) is 17.3 Å². The van der Waals surface area contributed by atoms with Crippen LogP contribution in [0.4, 0.5) is 0 Å². The van der Waals surface area contributed by atoms with Crippen molar-refractivity contribution in [2.75, 3.05) is 26.7 Å². The summed E-state index contributed by atoms with van der Waals surface area (Å²) in [4.78, 5) is 2.38. The lowest BCUT2D eigenvalue weighted by Gasteiger charge is -2.41. The number of aliphatic hydroxyl groups is 1. The first-order valence-electron chi connectivity index (χ1n) is 8.84. The molecule has 3 nitrogen and oxygen atoms in total. The topological polar surface area (TPSA) is 32.7 Å². The fourth-order valence-electron chi connectivity index (χ4n) is 4.00. The third-order valence-electron chi connectivity index (χ3n) is 5.50. The second-order valence-corrected chi connectivity index (χ2v) is 8.41. The quantitative estimate of drug-likeness (QED) is 0.864. The molecule has 0 amide bonds. The molecule has 0 radical (unpaired) electrons. The van der Waals surface area contributed by atoms with Crippen LogP contribution in [0.5, 0.6) is 0 Å². The van der Waals surface area contributed by atoms with E-state index in [-0.39, 0.29) is 6.10 Å². The zero-order chi connectivity index (χ0) is 15.5. The second kappa shape index (κ2) is 7.43. The van der Waals surface area contributed by atoms with Crippen LogP contribution in [0.2, 0.25) is 0 Å². The van der Waals surface area contributed by atoms with Gasteiger partial charge in [-0.15, -0.1) is 0 Å². The second-order valence-electron chi connectivity index (χ2n) is 8.41. The van der Waals surface area contributed by atoms with Gasteiger partial charge in [0.15, 0.2) is 0 Å². The van der Waals surface area contributed by atoms with E-state index in [1.165, 1.54) is 32.1 Å². The van der Waals surface area contributed by atoms with Crippen molar-refractivity contribution in [1.29, 1.82) is 0 Å². The van der Waals surface area contributed by atoms with E-state index in [2.05, 4.69) is 32.7 Å². The molecule has 2 fully saturated rings. The third-order valence-corrected chi connectivity index (χ3v) is 5.50. The SMILES string of the molecule is CN(CC1CCCCO1)CC1CC(C(C)(C)C)CCC1O. The molecule has 3 heteroatoms. The fraction of sp³-hybridized carbons (Fsp3) is 1.00. The van der Waals surface area contributed by atoms with E-state index in [9.17, 15) is 5.11 Å². The fourth-order valence-corrected chi connectivity index (χ4v) is 4.00. The van der Waals surface area contributed by atoms with E-state index < -0.39 is 0 Å². The van der Waals surface area contributed by atoms with Crippen LogP contribution in [0.25, 0.3) is 0 Å². The average molecular weight is 297 g/mol. The molecule has 0 spiro atoms. The summed E-state index contributed by atoms with van der Waals surface area (Å²) < 4.78 is 5.84. The summed E-state index contributed by atoms with van der Waals surface area (Å²) in [7, 11) is 2.19. The number of nitrogens with zero attached hydrogens (tertiary/aromatic N) is 1. The molecule has 4 unspecified atom stereocenters. The van der Waals surface area contributed by atoms with Crippen LogP contribution in [0.15, 0.2) is 0 Å². The summed E-state index contributed by atoms with van der Waals surface area (Å²) in [5.41, 5.74) is 0.365. The van der Waals surface area contributed by atoms with Crippen molar-refractivity contribution in [2.24, 2.45) is 17.3 Å². The molecule has 0 aromatic carbocycles. The molecule has 0 bridgehead atoms. The Morgan fingerprint density at radius 2 is 1.86 bits per heavy atom. The number of hydrogen-bond donors (Lipinski definition) is 1. The maximum Gasteiger partial charge on any atom is 0.0701 e. The van der Waals surface area contributed by atoms with E-state index in [0.717, 1.165) is 32.0 Å². The Hall–Kier alpha value is -0.120. The lowest BCUT2D eigenvalue weighted by molar-refractivity contribution is -0.0220. The molecule has 0 aromatic rings. The summed E-state index contributed by atoms with van der Waals surface area (Å²) in [6.07, 6.45) is 7.33. The van der Waals surface area contributed by atoms with Crippen LogP contribution in [-0.4, -0.2) is 49.0 Å². The highest BCUT2D eigenvalue weighted by atomic mass is 16.5. The van der Waals surface area contributed by atoms with Crippen molar-refractivity contribution in [3.63, 3.8) is 0 Å². The van der Waals surface area contributed by atoms with Gasteiger partial charge < -0.3 is 14.7 Å². The van der Waals surface area contributed by atoms with Gasteiger partial charge in [0.25, 0.3) is 0 Å². The van der Waals surface area contributed by atoms with Gasteiger partial charge in [0.05, 0.1) is 12.2 Å². The van der Waals surface area contributed by atoms with Crippen molar-refractivity contribution in [2.45, 2.75) is 71.5 Å². The monoisotopic (exact) mass is 297 g/mol. The van der Waals surface area contributed by atoms with Crippen LogP contribution in [0.3, 0.4) is 0 Å². The van der Waals surface area contributed by atoms with Gasteiger partial charge in [0, 0.05) is 19.7 Å². The van der Waals surface area contributed by atoms with Crippen molar-refractivity contribution in [3.05, 3.63) is 0 Å². The first kappa shape index (κ1) is 17.2. The van der Waals surface area contributed by atoms with Crippen LogP contribution in [0.1, 0.15) is 59.3 Å². The van der Waals surface area contributed by atoms with Gasteiger partial charge >= 0.3 is 0 Å². The normalized spacial score (nSPS) is 35.1. The molecule has 1 saturated carbocycles. The molecule has 0 aromatic heterocycles. The minimum Gasteiger partial charge on any atom is -0.393 e. The number of likely N-dealkylation sites (N-methyl/N-ethyl adjacent to an activating group) is 1. The summed E-state index contributed by atoms with van der Waals surface area (Å²) in [5, 5.41) is 10.3. The minimum absolute atomic E-state index is 0.113. The minimum atomic E-state index is -0.113. The van der Waals surface area contributed by atoms with Crippen molar-refractivity contribution in [3.8, 4) is 0 Å². The molecule has 1 heterocycles. The number of rotatable bonds is 4. The summed E-state index contributed by atoms with van der Waals surface area (Å²) in [6, 6.07) is 0. The van der Waals surface area contributed by atoms with Gasteiger partial charge in [-0.05, 0) is 62.8 Å². The number of hydrogen-bond acceptors (Lipinski definition) is 3. The summed E-state index contributed by atoms with van der Waals surface area (Å²) >= 11 is 0. The zero-order valence-electron chi connectivity index (χ0n) is 14.5. The molecule has 2 aliphatic rings. The van der Waals surface area contributed by atoms with E-state index in [0.29, 0.717) is 17.4 Å². The van der Waals surface area contributed by atoms with Crippen molar-refractivity contribution in [1.82, 2.24) is 4.90 Å². The third kappa shape index (κ3) is 5.22. The molecule has 1 saturated heterocycles. The molecule has 124 valence electrons. The standard InChI is InChI=1S/C18H35NO2/c1-18(2,3)15-8-9-17(20)14(11-15)12-19(4)13-16-7-5-6-10-21-16/h14-17,20H,5-13H2,1-4H3. The molecule has 4 atom stereocenters. The Labute approximate surface area is 131 Å². The van der Waals surface area contributed by atoms with Crippen molar-refractivity contribution < 1.29 is 9.84 Å². The highest BCUT2D eigenvalue weighted by molar-refractivity contribution is 4.87. The van der Waals surface area contributed by atoms with E-state index in [1.54, 1.807) is 0 Å². The van der Waals surface area contributed by atoms with Crippen LogP contribution < -0.4 is 0 Å². The maximum absolute atomic E-state index is 10.3. The van der Waals surface area contributed by atoms with Crippen molar-refractivity contribution >= 4 is 0 Å². The number of aliphatic hydroxyl groups excluding tert-OH is 1. The Bertz CT molecular complexity index is 307. The van der Waals surface area contributed by atoms with Gasteiger partial charge in [-0.2, -0.15) is 0 Å². The van der Waals surface area contributed by atoms with Gasteiger partial charge in [0.1, 0.15) is 0 Å². The first-order chi connectivity index (χ1) is 9.86. The maximum atomic E-state index is 10.3. The number of ether oxygens (including phenoxy) is 1. The largest absolute Gasteiger partial charge is 0.393 e. The highest BCUT2D eigenvalue weighted by Crippen LogP contribution is 2.40. The summed E-state index contributed by atoms with van der Waals surface area (Å²) in [5.74, 6) is 1.17.